The number of hydrogen-bond acceptors (Lipinski definition) is 3. The Hall–Kier alpha value is -0.670. The lowest BCUT2D eigenvalue weighted by Crippen LogP contribution is -2.30. The summed E-state index contributed by atoms with van der Waals surface area (Å²) in [4.78, 5) is 13.7. The second-order valence-corrected chi connectivity index (χ2v) is 4.71. The van der Waals surface area contributed by atoms with Crippen molar-refractivity contribution in [3.05, 3.63) is 21.9 Å². The summed E-state index contributed by atoms with van der Waals surface area (Å²) < 4.78 is 0. The summed E-state index contributed by atoms with van der Waals surface area (Å²) in [5.74, 6) is 0.0751. The zero-order valence-corrected chi connectivity index (χ0v) is 9.02. The predicted octanol–water partition coefficient (Wildman–Crippen LogP) is 2.22. The second kappa shape index (κ2) is 4.03. The summed E-state index contributed by atoms with van der Waals surface area (Å²) in [7, 11) is 0. The smallest absolute Gasteiger partial charge is 0.177 e. The van der Waals surface area contributed by atoms with E-state index < -0.39 is 0 Å². The van der Waals surface area contributed by atoms with Crippen molar-refractivity contribution >= 4 is 17.1 Å². The monoisotopic (exact) mass is 197 g/mol. The molecule has 2 nitrogen and oxygen atoms in total. The molecule has 0 radical (unpaired) electrons. The first-order chi connectivity index (χ1) is 6.02. The normalized spacial score (nSPS) is 15.4. The van der Waals surface area contributed by atoms with Gasteiger partial charge in [0.25, 0.3) is 0 Å². The number of ketones is 1. The summed E-state index contributed by atoms with van der Waals surface area (Å²) in [6, 6.07) is 3.77. The van der Waals surface area contributed by atoms with Crippen molar-refractivity contribution in [2.75, 3.05) is 0 Å². The lowest BCUT2D eigenvalue weighted by atomic mass is 9.98. The second-order valence-electron chi connectivity index (χ2n) is 3.42. The molecule has 0 fully saturated rings. The van der Waals surface area contributed by atoms with Crippen LogP contribution in [0.3, 0.4) is 0 Å². The molecule has 2 atom stereocenters. The van der Waals surface area contributed by atoms with Crippen molar-refractivity contribution in [2.45, 2.75) is 26.8 Å². The summed E-state index contributed by atoms with van der Waals surface area (Å²) in [6.45, 7) is 5.74. The highest BCUT2D eigenvalue weighted by Gasteiger charge is 2.19. The van der Waals surface area contributed by atoms with E-state index in [2.05, 4.69) is 0 Å². The summed E-state index contributed by atoms with van der Waals surface area (Å²) >= 11 is 1.54. The minimum absolute atomic E-state index is 0.0742. The highest BCUT2D eigenvalue weighted by Crippen LogP contribution is 2.19. The first-order valence-electron chi connectivity index (χ1n) is 4.38. The predicted molar refractivity (Wildman–Crippen MR) is 56.2 cm³/mol. The number of rotatable bonds is 3. The highest BCUT2D eigenvalue weighted by molar-refractivity contribution is 7.14. The molecule has 0 saturated heterocycles. The third-order valence-corrected chi connectivity index (χ3v) is 3.20. The number of aryl methyl sites for hydroxylation is 1. The number of thiophene rings is 1. The molecule has 0 bridgehead atoms. The molecule has 1 aromatic rings. The Bertz CT molecular complexity index is 304. The number of hydrogen-bond donors (Lipinski definition) is 1. The molecule has 0 spiro atoms. The van der Waals surface area contributed by atoms with Crippen molar-refractivity contribution in [3.8, 4) is 0 Å². The van der Waals surface area contributed by atoms with Crippen LogP contribution in [-0.2, 0) is 0 Å². The molecule has 72 valence electrons. The Morgan fingerprint density at radius 3 is 2.46 bits per heavy atom. The molecule has 3 heteroatoms. The molecular formula is C10H15NOS. The van der Waals surface area contributed by atoms with Crippen LogP contribution in [0.15, 0.2) is 12.1 Å². The van der Waals surface area contributed by atoms with E-state index in [1.807, 2.05) is 32.9 Å². The van der Waals surface area contributed by atoms with Crippen LogP contribution in [-0.4, -0.2) is 11.8 Å². The average molecular weight is 197 g/mol. The molecule has 0 saturated carbocycles. The van der Waals surface area contributed by atoms with Crippen LogP contribution in [0, 0.1) is 12.8 Å². The third-order valence-electron chi connectivity index (χ3n) is 2.19. The maximum absolute atomic E-state index is 11.7. The minimum Gasteiger partial charge on any atom is -0.327 e. The van der Waals surface area contributed by atoms with E-state index in [-0.39, 0.29) is 17.7 Å². The van der Waals surface area contributed by atoms with Gasteiger partial charge >= 0.3 is 0 Å². The van der Waals surface area contributed by atoms with Gasteiger partial charge in [-0.05, 0) is 26.0 Å². The molecule has 2 unspecified atom stereocenters. The number of carbonyl (C=O) groups excluding carboxylic acids is 1. The van der Waals surface area contributed by atoms with Gasteiger partial charge in [0.2, 0.25) is 0 Å². The zero-order chi connectivity index (χ0) is 10.0. The van der Waals surface area contributed by atoms with E-state index in [4.69, 9.17) is 5.73 Å². The molecule has 1 aromatic heterocycles. The fourth-order valence-electron chi connectivity index (χ4n) is 1.03. The van der Waals surface area contributed by atoms with Gasteiger partial charge in [-0.3, -0.25) is 4.79 Å². The summed E-state index contributed by atoms with van der Waals surface area (Å²) in [5.41, 5.74) is 5.66. The first kappa shape index (κ1) is 10.4. The van der Waals surface area contributed by atoms with E-state index in [0.717, 1.165) is 4.88 Å². The van der Waals surface area contributed by atoms with Crippen molar-refractivity contribution < 1.29 is 4.79 Å². The van der Waals surface area contributed by atoms with Crippen molar-refractivity contribution in [1.82, 2.24) is 0 Å². The zero-order valence-electron chi connectivity index (χ0n) is 8.20. The maximum Gasteiger partial charge on any atom is 0.177 e. The van der Waals surface area contributed by atoms with Crippen LogP contribution in [0.4, 0.5) is 0 Å². The van der Waals surface area contributed by atoms with Gasteiger partial charge < -0.3 is 5.73 Å². The maximum atomic E-state index is 11.7. The fourth-order valence-corrected chi connectivity index (χ4v) is 1.94. The van der Waals surface area contributed by atoms with Gasteiger partial charge in [-0.15, -0.1) is 11.3 Å². The number of Topliss-reactive ketones (excluding diaryl/α,β-unsaturated/α-hetero) is 1. The third kappa shape index (κ3) is 2.39. The summed E-state index contributed by atoms with van der Waals surface area (Å²) in [6.07, 6.45) is 0. The molecule has 1 heterocycles. The van der Waals surface area contributed by atoms with Gasteiger partial charge in [-0.2, -0.15) is 0 Å². The van der Waals surface area contributed by atoms with E-state index in [1.54, 1.807) is 0 Å². The number of carbonyl (C=O) groups is 1. The molecular weight excluding hydrogens is 182 g/mol. The van der Waals surface area contributed by atoms with Gasteiger partial charge in [0.05, 0.1) is 4.88 Å². The fraction of sp³-hybridized carbons (Fsp3) is 0.500. The first-order valence-corrected chi connectivity index (χ1v) is 5.20. The van der Waals surface area contributed by atoms with E-state index in [0.29, 0.717) is 0 Å². The van der Waals surface area contributed by atoms with Gasteiger partial charge in [-0.25, -0.2) is 0 Å². The lowest BCUT2D eigenvalue weighted by molar-refractivity contribution is 0.0921. The summed E-state index contributed by atoms with van der Waals surface area (Å²) in [5, 5.41) is 0. The lowest BCUT2D eigenvalue weighted by Gasteiger charge is -2.12. The highest BCUT2D eigenvalue weighted by atomic mass is 32.1. The van der Waals surface area contributed by atoms with Crippen molar-refractivity contribution in [1.29, 1.82) is 0 Å². The molecule has 1 rings (SSSR count). The molecule has 0 amide bonds. The van der Waals surface area contributed by atoms with Crippen LogP contribution < -0.4 is 5.73 Å². The van der Waals surface area contributed by atoms with Crippen molar-refractivity contribution in [2.24, 2.45) is 11.7 Å². The Kier molecular flexibility index (Phi) is 3.22. The van der Waals surface area contributed by atoms with E-state index in [1.165, 1.54) is 16.2 Å². The molecule has 2 N–H and O–H groups in total. The minimum atomic E-state index is -0.0851. The molecule has 13 heavy (non-hydrogen) atoms. The largest absolute Gasteiger partial charge is 0.327 e. The molecule has 0 aliphatic rings. The van der Waals surface area contributed by atoms with Gasteiger partial charge in [0, 0.05) is 16.8 Å². The Morgan fingerprint density at radius 1 is 1.46 bits per heavy atom. The molecule has 0 aliphatic carbocycles. The van der Waals surface area contributed by atoms with Gasteiger partial charge in [0.1, 0.15) is 0 Å². The van der Waals surface area contributed by atoms with Crippen LogP contribution in [0.2, 0.25) is 0 Å². The van der Waals surface area contributed by atoms with Gasteiger partial charge in [0.15, 0.2) is 5.78 Å². The van der Waals surface area contributed by atoms with Crippen LogP contribution in [0.25, 0.3) is 0 Å². The standard InChI is InChI=1S/C10H15NOS/c1-6-4-5-9(13-6)10(12)7(2)8(3)11/h4-5,7-8H,11H2,1-3H3. The SMILES string of the molecule is Cc1ccc(C(=O)C(C)C(C)N)s1. The Labute approximate surface area is 82.8 Å². The van der Waals surface area contributed by atoms with Gasteiger partial charge in [-0.1, -0.05) is 6.92 Å². The Morgan fingerprint density at radius 2 is 2.08 bits per heavy atom. The van der Waals surface area contributed by atoms with E-state index >= 15 is 0 Å². The quantitative estimate of drug-likeness (QED) is 0.755. The Balaban J connectivity index is 2.79. The number of nitrogens with two attached hydrogens (primary N) is 1. The van der Waals surface area contributed by atoms with E-state index in [9.17, 15) is 4.79 Å². The van der Waals surface area contributed by atoms with Crippen molar-refractivity contribution in [3.63, 3.8) is 0 Å². The molecule has 0 aromatic carbocycles. The molecule has 0 aliphatic heterocycles. The van der Waals surface area contributed by atoms with Crippen LogP contribution in [0.5, 0.6) is 0 Å². The van der Waals surface area contributed by atoms with Crippen LogP contribution in [0.1, 0.15) is 28.4 Å². The van der Waals surface area contributed by atoms with Crippen LogP contribution >= 0.6 is 11.3 Å². The average Bonchev–Trinajstić information content (AvgIpc) is 2.49. The topological polar surface area (TPSA) is 43.1 Å².